The third-order valence-corrected chi connectivity index (χ3v) is 4.01. The molecule has 0 N–H and O–H groups in total. The number of aromatic nitrogens is 1. The summed E-state index contributed by atoms with van der Waals surface area (Å²) in [6.07, 6.45) is 0. The number of hydrogen-bond donors (Lipinski definition) is 0. The Labute approximate surface area is 101 Å². The highest BCUT2D eigenvalue weighted by molar-refractivity contribution is 9.10. The summed E-state index contributed by atoms with van der Waals surface area (Å²) in [4.78, 5) is 8.82. The summed E-state index contributed by atoms with van der Waals surface area (Å²) >= 11 is 5.01. The van der Waals surface area contributed by atoms with Crippen LogP contribution in [0.2, 0.25) is 0 Å². The molecule has 2 rings (SSSR count). The number of nitrogens with zero attached hydrogens (tertiary/aromatic N) is 4. The lowest BCUT2D eigenvalue weighted by Crippen LogP contribution is -2.46. The van der Waals surface area contributed by atoms with Crippen LogP contribution in [0.4, 0.5) is 5.13 Å². The first-order chi connectivity index (χ1) is 7.29. The lowest BCUT2D eigenvalue weighted by molar-refractivity contribution is 0.287. The summed E-state index contributed by atoms with van der Waals surface area (Å²) in [5, 5.41) is 11.6. The molecule has 1 aliphatic rings. The molecule has 1 aromatic rings. The van der Waals surface area contributed by atoms with E-state index in [0.29, 0.717) is 6.54 Å². The van der Waals surface area contributed by atoms with Gasteiger partial charge in [-0.25, -0.2) is 4.98 Å². The van der Waals surface area contributed by atoms with Crippen molar-refractivity contribution in [1.82, 2.24) is 9.88 Å². The van der Waals surface area contributed by atoms with Gasteiger partial charge in [-0.3, -0.25) is 4.90 Å². The Morgan fingerprint density at radius 3 is 2.73 bits per heavy atom. The third-order valence-electron chi connectivity index (χ3n) is 2.40. The summed E-state index contributed by atoms with van der Waals surface area (Å²) in [7, 11) is 0. The van der Waals surface area contributed by atoms with Crippen molar-refractivity contribution < 1.29 is 0 Å². The Hall–Kier alpha value is -0.640. The molecule has 80 valence electrons. The minimum Gasteiger partial charge on any atom is -0.345 e. The average Bonchev–Trinajstić information content (AvgIpc) is 2.67. The van der Waals surface area contributed by atoms with Gasteiger partial charge in [0.1, 0.15) is 4.60 Å². The highest BCUT2D eigenvalue weighted by Crippen LogP contribution is 2.24. The van der Waals surface area contributed by atoms with Crippen molar-refractivity contribution in [3.8, 4) is 6.07 Å². The first-order valence-corrected chi connectivity index (χ1v) is 6.42. The second-order valence-electron chi connectivity index (χ2n) is 3.37. The highest BCUT2D eigenvalue weighted by Gasteiger charge is 2.18. The molecule has 0 aromatic carbocycles. The van der Waals surface area contributed by atoms with Crippen molar-refractivity contribution in [2.24, 2.45) is 0 Å². The summed E-state index contributed by atoms with van der Waals surface area (Å²) in [5.74, 6) is 0. The molecular weight excluding hydrogens is 276 g/mol. The van der Waals surface area contributed by atoms with Gasteiger partial charge in [0.25, 0.3) is 0 Å². The van der Waals surface area contributed by atoms with Gasteiger partial charge in [0.15, 0.2) is 5.13 Å². The first kappa shape index (κ1) is 10.9. The molecular formula is C9H11BrN4S. The fourth-order valence-electron chi connectivity index (χ4n) is 1.59. The van der Waals surface area contributed by atoms with E-state index in [4.69, 9.17) is 5.26 Å². The van der Waals surface area contributed by atoms with Crippen molar-refractivity contribution in [3.05, 3.63) is 9.98 Å². The number of nitriles is 1. The Kier molecular flexibility index (Phi) is 3.57. The number of piperazine rings is 1. The van der Waals surface area contributed by atoms with Crippen LogP contribution in [0.15, 0.2) is 9.98 Å². The molecule has 1 fully saturated rings. The van der Waals surface area contributed by atoms with Crippen LogP contribution < -0.4 is 4.90 Å². The smallest absolute Gasteiger partial charge is 0.186 e. The molecule has 15 heavy (non-hydrogen) atoms. The van der Waals surface area contributed by atoms with E-state index in [9.17, 15) is 0 Å². The molecule has 1 saturated heterocycles. The second-order valence-corrected chi connectivity index (χ2v) is 5.02. The zero-order valence-electron chi connectivity index (χ0n) is 8.19. The van der Waals surface area contributed by atoms with E-state index in [0.717, 1.165) is 35.9 Å². The molecule has 6 heteroatoms. The molecule has 0 aliphatic carbocycles. The molecule has 0 radical (unpaired) electrons. The molecule has 0 atom stereocenters. The minimum atomic E-state index is 0.537. The van der Waals surface area contributed by atoms with Crippen LogP contribution in [0.1, 0.15) is 0 Å². The predicted octanol–water partition coefficient (Wildman–Crippen LogP) is 1.55. The van der Waals surface area contributed by atoms with Crippen LogP contribution in [0.3, 0.4) is 0 Å². The lowest BCUT2D eigenvalue weighted by atomic mass is 10.3. The van der Waals surface area contributed by atoms with Crippen molar-refractivity contribution in [2.45, 2.75) is 0 Å². The maximum atomic E-state index is 8.58. The predicted molar refractivity (Wildman–Crippen MR) is 64.1 cm³/mol. The fourth-order valence-corrected chi connectivity index (χ4v) is 2.89. The van der Waals surface area contributed by atoms with Crippen molar-refractivity contribution >= 4 is 32.4 Å². The van der Waals surface area contributed by atoms with Crippen molar-refractivity contribution in [2.75, 3.05) is 37.6 Å². The highest BCUT2D eigenvalue weighted by atomic mass is 79.9. The van der Waals surface area contributed by atoms with Gasteiger partial charge in [0.2, 0.25) is 0 Å². The molecule has 2 heterocycles. The molecule has 0 saturated carbocycles. The largest absolute Gasteiger partial charge is 0.345 e. The van der Waals surface area contributed by atoms with E-state index in [1.54, 1.807) is 11.3 Å². The average molecular weight is 287 g/mol. The van der Waals surface area contributed by atoms with E-state index in [-0.39, 0.29) is 0 Å². The van der Waals surface area contributed by atoms with Gasteiger partial charge >= 0.3 is 0 Å². The molecule has 0 bridgehead atoms. The Balaban J connectivity index is 1.91. The van der Waals surface area contributed by atoms with Crippen LogP contribution in [-0.2, 0) is 0 Å². The van der Waals surface area contributed by atoms with Crippen LogP contribution in [0, 0.1) is 11.3 Å². The zero-order chi connectivity index (χ0) is 10.7. The topological polar surface area (TPSA) is 43.2 Å². The molecule has 1 aliphatic heterocycles. The van der Waals surface area contributed by atoms with Gasteiger partial charge < -0.3 is 4.90 Å². The fraction of sp³-hybridized carbons (Fsp3) is 0.556. The summed E-state index contributed by atoms with van der Waals surface area (Å²) in [6.45, 7) is 4.36. The van der Waals surface area contributed by atoms with Crippen LogP contribution >= 0.6 is 27.3 Å². The molecule has 4 nitrogen and oxygen atoms in total. The summed E-state index contributed by atoms with van der Waals surface area (Å²) in [5.41, 5.74) is 0. The molecule has 0 unspecified atom stereocenters. The number of halogens is 1. The summed E-state index contributed by atoms with van der Waals surface area (Å²) in [6, 6.07) is 2.18. The third kappa shape index (κ3) is 2.68. The Bertz CT molecular complexity index is 364. The van der Waals surface area contributed by atoms with Crippen molar-refractivity contribution in [1.29, 1.82) is 5.26 Å². The van der Waals surface area contributed by atoms with Gasteiger partial charge in [-0.15, -0.1) is 11.3 Å². The molecule has 0 spiro atoms. The molecule has 0 amide bonds. The van der Waals surface area contributed by atoms with Crippen LogP contribution in [-0.4, -0.2) is 42.6 Å². The first-order valence-electron chi connectivity index (χ1n) is 4.75. The van der Waals surface area contributed by atoms with Gasteiger partial charge in [-0.1, -0.05) is 0 Å². The van der Waals surface area contributed by atoms with Gasteiger partial charge in [0.05, 0.1) is 12.6 Å². The van der Waals surface area contributed by atoms with Crippen LogP contribution in [0.5, 0.6) is 0 Å². The normalized spacial score (nSPS) is 17.7. The Morgan fingerprint density at radius 2 is 2.20 bits per heavy atom. The number of hydrogen-bond acceptors (Lipinski definition) is 5. The SMILES string of the molecule is N#CCN1CCN(c2nc(Br)cs2)CC1. The lowest BCUT2D eigenvalue weighted by Gasteiger charge is -2.33. The monoisotopic (exact) mass is 286 g/mol. The summed E-state index contributed by atoms with van der Waals surface area (Å²) < 4.78 is 0.905. The van der Waals surface area contributed by atoms with E-state index >= 15 is 0 Å². The molecule has 1 aromatic heterocycles. The van der Waals surface area contributed by atoms with Gasteiger partial charge in [-0.2, -0.15) is 5.26 Å². The maximum absolute atomic E-state index is 8.58. The van der Waals surface area contributed by atoms with Gasteiger partial charge in [-0.05, 0) is 15.9 Å². The Morgan fingerprint density at radius 1 is 1.47 bits per heavy atom. The minimum absolute atomic E-state index is 0.537. The van der Waals surface area contributed by atoms with Crippen LogP contribution in [0.25, 0.3) is 0 Å². The second kappa shape index (κ2) is 4.92. The number of anilines is 1. The zero-order valence-corrected chi connectivity index (χ0v) is 10.6. The van der Waals surface area contributed by atoms with E-state index < -0.39 is 0 Å². The van der Waals surface area contributed by atoms with E-state index in [1.807, 2.05) is 5.38 Å². The standard InChI is InChI=1S/C9H11BrN4S/c10-8-7-15-9(12-8)14-5-3-13(2-1-11)4-6-14/h7H,2-6H2. The number of rotatable bonds is 2. The maximum Gasteiger partial charge on any atom is 0.186 e. The quantitative estimate of drug-likeness (QED) is 0.774. The number of thiazole rings is 1. The van der Waals surface area contributed by atoms with Crippen molar-refractivity contribution in [3.63, 3.8) is 0 Å². The van der Waals surface area contributed by atoms with E-state index in [2.05, 4.69) is 36.8 Å². The van der Waals surface area contributed by atoms with E-state index in [1.165, 1.54) is 0 Å². The van der Waals surface area contributed by atoms with Gasteiger partial charge in [0, 0.05) is 31.6 Å².